The Hall–Kier alpha value is -0.470. The molecular weight excluding hydrogens is 286 g/mol. The minimum absolute atomic E-state index is 0.0874. The number of nitrogens with zero attached hydrogens (tertiary/aromatic N) is 1. The molecule has 0 bridgehead atoms. The third kappa shape index (κ3) is 3.17. The average Bonchev–Trinajstić information content (AvgIpc) is 2.60. The molecule has 0 radical (unpaired) electrons. The van der Waals surface area contributed by atoms with Gasteiger partial charge in [-0.1, -0.05) is 0 Å². The van der Waals surface area contributed by atoms with Crippen LogP contribution in [0.5, 0.6) is 0 Å². The smallest absolute Gasteiger partial charge is 0.252 e. The minimum Gasteiger partial charge on any atom is -0.391 e. The van der Waals surface area contributed by atoms with Crippen LogP contribution < -0.4 is 0 Å². The Kier molecular flexibility index (Phi) is 4.62. The first-order valence-electron chi connectivity index (χ1n) is 6.27. The quantitative estimate of drug-likeness (QED) is 0.915. The van der Waals surface area contributed by atoms with E-state index in [9.17, 15) is 13.5 Å². The van der Waals surface area contributed by atoms with Crippen LogP contribution in [0.4, 0.5) is 0 Å². The summed E-state index contributed by atoms with van der Waals surface area (Å²) in [6.45, 7) is 5.04. The van der Waals surface area contributed by atoms with Crippen molar-refractivity contribution in [2.75, 3.05) is 19.7 Å². The molecule has 0 spiro atoms. The molecule has 2 heterocycles. The highest BCUT2D eigenvalue weighted by molar-refractivity contribution is 7.91. The van der Waals surface area contributed by atoms with Gasteiger partial charge in [-0.2, -0.15) is 4.31 Å². The summed E-state index contributed by atoms with van der Waals surface area (Å²) >= 11 is 1.15. The van der Waals surface area contributed by atoms with Gasteiger partial charge in [-0.25, -0.2) is 8.42 Å². The molecule has 0 aliphatic carbocycles. The third-order valence-electron chi connectivity index (χ3n) is 3.15. The first-order valence-corrected chi connectivity index (χ1v) is 8.52. The number of aliphatic hydroxyl groups is 1. The fraction of sp³-hybridized carbons (Fsp3) is 0.667. The fourth-order valence-corrected chi connectivity index (χ4v) is 5.23. The van der Waals surface area contributed by atoms with Gasteiger partial charge in [-0.05, 0) is 31.9 Å². The van der Waals surface area contributed by atoms with Crippen molar-refractivity contribution in [3.63, 3.8) is 0 Å². The molecule has 1 aliphatic rings. The number of hydrogen-bond donors (Lipinski definition) is 1. The Labute approximate surface area is 117 Å². The molecule has 1 atom stereocenters. The van der Waals surface area contributed by atoms with Crippen LogP contribution in [-0.4, -0.2) is 43.6 Å². The van der Waals surface area contributed by atoms with Crippen molar-refractivity contribution >= 4 is 21.4 Å². The molecule has 1 unspecified atom stereocenters. The van der Waals surface area contributed by atoms with Crippen molar-refractivity contribution in [1.82, 2.24) is 4.31 Å². The van der Waals surface area contributed by atoms with Gasteiger partial charge in [-0.15, -0.1) is 11.3 Å². The predicted octanol–water partition coefficient (Wildman–Crippen LogP) is 1.35. The standard InChI is InChI=1S/C12H19NO4S2/c1-9-6-12(18-11(9)8-14)19(15,16)13-4-3-5-17-10(2)7-13/h6,10,14H,3-5,7-8H2,1-2H3. The number of aliphatic hydroxyl groups excluding tert-OH is 1. The molecule has 19 heavy (non-hydrogen) atoms. The Morgan fingerprint density at radius 3 is 2.95 bits per heavy atom. The Bertz CT molecular complexity index is 538. The first kappa shape index (κ1) is 14.9. The lowest BCUT2D eigenvalue weighted by Gasteiger charge is -2.20. The zero-order chi connectivity index (χ0) is 14.0. The van der Waals surface area contributed by atoms with E-state index in [4.69, 9.17) is 4.74 Å². The summed E-state index contributed by atoms with van der Waals surface area (Å²) in [7, 11) is -3.47. The van der Waals surface area contributed by atoms with E-state index in [1.165, 1.54) is 4.31 Å². The Balaban J connectivity index is 2.29. The van der Waals surface area contributed by atoms with E-state index in [-0.39, 0.29) is 12.7 Å². The van der Waals surface area contributed by atoms with Gasteiger partial charge < -0.3 is 9.84 Å². The van der Waals surface area contributed by atoms with Crippen LogP contribution in [0.2, 0.25) is 0 Å². The van der Waals surface area contributed by atoms with E-state index in [1.807, 2.05) is 13.8 Å². The maximum Gasteiger partial charge on any atom is 0.252 e. The van der Waals surface area contributed by atoms with Gasteiger partial charge in [0.1, 0.15) is 4.21 Å². The fourth-order valence-electron chi connectivity index (χ4n) is 2.07. The molecule has 0 aromatic carbocycles. The second kappa shape index (κ2) is 5.88. The van der Waals surface area contributed by atoms with E-state index >= 15 is 0 Å². The van der Waals surface area contributed by atoms with E-state index in [0.29, 0.717) is 35.2 Å². The van der Waals surface area contributed by atoms with Crippen LogP contribution in [0.15, 0.2) is 10.3 Å². The maximum absolute atomic E-state index is 12.6. The lowest BCUT2D eigenvalue weighted by atomic mass is 10.3. The van der Waals surface area contributed by atoms with Gasteiger partial charge in [0.2, 0.25) is 0 Å². The molecule has 1 aliphatic heterocycles. The van der Waals surface area contributed by atoms with Crippen molar-refractivity contribution in [3.05, 3.63) is 16.5 Å². The van der Waals surface area contributed by atoms with Crippen molar-refractivity contribution in [3.8, 4) is 0 Å². The number of ether oxygens (including phenoxy) is 1. The van der Waals surface area contributed by atoms with E-state index < -0.39 is 10.0 Å². The summed E-state index contributed by atoms with van der Waals surface area (Å²) in [5.41, 5.74) is 0.824. The van der Waals surface area contributed by atoms with Crippen LogP contribution in [0.1, 0.15) is 23.8 Å². The molecule has 0 amide bonds. The SMILES string of the molecule is Cc1cc(S(=O)(=O)N2CCCOC(C)C2)sc1CO. The molecule has 1 N–H and O–H groups in total. The van der Waals surface area contributed by atoms with Gasteiger partial charge in [0.15, 0.2) is 0 Å². The monoisotopic (exact) mass is 305 g/mol. The second-order valence-electron chi connectivity index (χ2n) is 4.73. The predicted molar refractivity (Wildman–Crippen MR) is 73.8 cm³/mol. The molecule has 0 saturated carbocycles. The zero-order valence-electron chi connectivity index (χ0n) is 11.1. The van der Waals surface area contributed by atoms with Crippen LogP contribution in [0.25, 0.3) is 0 Å². The largest absolute Gasteiger partial charge is 0.391 e. The molecule has 108 valence electrons. The van der Waals surface area contributed by atoms with Gasteiger partial charge in [-0.3, -0.25) is 0 Å². The molecule has 1 fully saturated rings. The van der Waals surface area contributed by atoms with E-state index in [1.54, 1.807) is 6.07 Å². The summed E-state index contributed by atoms with van der Waals surface area (Å²) in [4.78, 5) is 0.706. The van der Waals surface area contributed by atoms with Crippen molar-refractivity contribution in [2.45, 2.75) is 37.2 Å². The number of sulfonamides is 1. The highest BCUT2D eigenvalue weighted by Gasteiger charge is 2.29. The van der Waals surface area contributed by atoms with Crippen molar-refractivity contribution < 1.29 is 18.3 Å². The summed E-state index contributed by atoms with van der Waals surface area (Å²) < 4.78 is 32.4. The topological polar surface area (TPSA) is 66.8 Å². The van der Waals surface area contributed by atoms with Gasteiger partial charge in [0, 0.05) is 24.6 Å². The molecule has 1 aromatic heterocycles. The molecule has 2 rings (SSSR count). The normalized spacial score (nSPS) is 22.4. The zero-order valence-corrected chi connectivity index (χ0v) is 12.8. The number of hydrogen-bond acceptors (Lipinski definition) is 5. The van der Waals surface area contributed by atoms with Gasteiger partial charge in [0.25, 0.3) is 10.0 Å². The third-order valence-corrected chi connectivity index (χ3v) is 6.69. The van der Waals surface area contributed by atoms with Crippen molar-refractivity contribution in [1.29, 1.82) is 0 Å². The van der Waals surface area contributed by atoms with Crippen LogP contribution in [0, 0.1) is 6.92 Å². The molecule has 1 saturated heterocycles. The van der Waals surface area contributed by atoms with Crippen LogP contribution in [-0.2, 0) is 21.4 Å². The minimum atomic E-state index is -3.47. The molecule has 7 heteroatoms. The first-order chi connectivity index (χ1) is 8.95. The van der Waals surface area contributed by atoms with Gasteiger partial charge in [0.05, 0.1) is 12.7 Å². The van der Waals surface area contributed by atoms with Crippen LogP contribution >= 0.6 is 11.3 Å². The summed E-state index contributed by atoms with van der Waals surface area (Å²) in [5, 5.41) is 9.18. The van der Waals surface area contributed by atoms with Crippen molar-refractivity contribution in [2.24, 2.45) is 0 Å². The number of aryl methyl sites for hydroxylation is 1. The Morgan fingerprint density at radius 1 is 1.58 bits per heavy atom. The number of rotatable bonds is 3. The second-order valence-corrected chi connectivity index (χ2v) is 8.03. The summed E-state index contributed by atoms with van der Waals surface area (Å²) in [6, 6.07) is 1.64. The molecule has 5 nitrogen and oxygen atoms in total. The Morgan fingerprint density at radius 2 is 2.32 bits per heavy atom. The lowest BCUT2D eigenvalue weighted by molar-refractivity contribution is 0.0752. The van der Waals surface area contributed by atoms with Gasteiger partial charge >= 0.3 is 0 Å². The molecule has 1 aromatic rings. The summed E-state index contributed by atoms with van der Waals surface area (Å²) in [6.07, 6.45) is 0.622. The average molecular weight is 305 g/mol. The summed E-state index contributed by atoms with van der Waals surface area (Å²) in [5.74, 6) is 0. The lowest BCUT2D eigenvalue weighted by Crippen LogP contribution is -2.35. The van der Waals surface area contributed by atoms with E-state index in [0.717, 1.165) is 16.9 Å². The maximum atomic E-state index is 12.6. The van der Waals surface area contributed by atoms with Crippen LogP contribution in [0.3, 0.4) is 0 Å². The highest BCUT2D eigenvalue weighted by atomic mass is 32.2. The molecular formula is C12H19NO4S2. The van der Waals surface area contributed by atoms with E-state index in [2.05, 4.69) is 0 Å². The number of thiophene rings is 1. The highest BCUT2D eigenvalue weighted by Crippen LogP contribution is 2.29.